The summed E-state index contributed by atoms with van der Waals surface area (Å²) in [5.74, 6) is 1.66. The van der Waals surface area contributed by atoms with E-state index in [1.165, 1.54) is 0 Å². The fraction of sp³-hybridized carbons (Fsp3) is 0.846. The molecule has 0 radical (unpaired) electrons. The van der Waals surface area contributed by atoms with Crippen LogP contribution in [0.2, 0.25) is 0 Å². The van der Waals surface area contributed by atoms with E-state index in [0.717, 1.165) is 37.4 Å². The molecule has 2 rings (SSSR count). The summed E-state index contributed by atoms with van der Waals surface area (Å²) < 4.78 is 0. The Kier molecular flexibility index (Phi) is 5.51. The summed E-state index contributed by atoms with van der Waals surface area (Å²) in [5.41, 5.74) is 0. The van der Waals surface area contributed by atoms with Gasteiger partial charge in [0, 0.05) is 50.0 Å². The molecule has 0 aromatic heterocycles. The highest BCUT2D eigenvalue weighted by molar-refractivity contribution is 7.99. The fourth-order valence-electron chi connectivity index (χ4n) is 2.80. The molecule has 0 spiro atoms. The first-order chi connectivity index (χ1) is 9.15. The molecule has 2 fully saturated rings. The predicted octanol–water partition coefficient (Wildman–Crippen LogP) is 0.795. The van der Waals surface area contributed by atoms with E-state index in [0.29, 0.717) is 13.0 Å². The number of carbonyl (C=O) groups is 2. The smallest absolute Gasteiger partial charge is 0.303 e. The Morgan fingerprint density at radius 2 is 2.21 bits per heavy atom. The van der Waals surface area contributed by atoms with Crippen molar-refractivity contribution < 1.29 is 14.7 Å². The molecule has 6 heteroatoms. The number of hydrogen-bond acceptors (Lipinski definition) is 4. The van der Waals surface area contributed by atoms with Gasteiger partial charge in [0.1, 0.15) is 0 Å². The van der Waals surface area contributed by atoms with Gasteiger partial charge in [-0.2, -0.15) is 11.8 Å². The molecule has 2 atom stereocenters. The van der Waals surface area contributed by atoms with Crippen LogP contribution in [0.3, 0.4) is 0 Å². The Hall–Kier alpha value is -0.750. The van der Waals surface area contributed by atoms with Crippen LogP contribution in [0.5, 0.6) is 0 Å². The van der Waals surface area contributed by atoms with E-state index in [1.54, 1.807) is 0 Å². The lowest BCUT2D eigenvalue weighted by molar-refractivity contribution is -0.140. The van der Waals surface area contributed by atoms with E-state index in [1.807, 2.05) is 16.7 Å². The molecule has 5 nitrogen and oxygen atoms in total. The van der Waals surface area contributed by atoms with E-state index in [-0.39, 0.29) is 24.3 Å². The van der Waals surface area contributed by atoms with Gasteiger partial charge >= 0.3 is 5.97 Å². The number of nitrogens with zero attached hydrogens (tertiary/aromatic N) is 1. The SMILES string of the molecule is O=C(O)CC1CCCN(C(=O)CC2CSCCN2)C1. The van der Waals surface area contributed by atoms with Gasteiger partial charge in [0.2, 0.25) is 5.91 Å². The number of hydrogen-bond donors (Lipinski definition) is 2. The third kappa shape index (κ3) is 4.69. The van der Waals surface area contributed by atoms with Gasteiger partial charge in [0.25, 0.3) is 0 Å². The summed E-state index contributed by atoms with van der Waals surface area (Å²) in [6.45, 7) is 2.38. The highest BCUT2D eigenvalue weighted by atomic mass is 32.2. The Balaban J connectivity index is 1.79. The number of thioether (sulfide) groups is 1. The zero-order chi connectivity index (χ0) is 13.7. The lowest BCUT2D eigenvalue weighted by Crippen LogP contribution is -2.45. The Bertz CT molecular complexity index is 332. The minimum absolute atomic E-state index is 0.129. The first-order valence-electron chi connectivity index (χ1n) is 6.96. The highest BCUT2D eigenvalue weighted by Crippen LogP contribution is 2.21. The molecule has 1 amide bonds. The normalized spacial score (nSPS) is 28.1. The molecule has 2 N–H and O–H groups in total. The van der Waals surface area contributed by atoms with Gasteiger partial charge in [0.05, 0.1) is 0 Å². The van der Waals surface area contributed by atoms with Crippen molar-refractivity contribution in [3.05, 3.63) is 0 Å². The summed E-state index contributed by atoms with van der Waals surface area (Å²) >= 11 is 1.89. The molecule has 0 aromatic carbocycles. The summed E-state index contributed by atoms with van der Waals surface area (Å²) in [4.78, 5) is 24.8. The zero-order valence-electron chi connectivity index (χ0n) is 11.1. The van der Waals surface area contributed by atoms with Crippen molar-refractivity contribution in [1.29, 1.82) is 0 Å². The quantitative estimate of drug-likeness (QED) is 0.800. The van der Waals surface area contributed by atoms with Crippen LogP contribution in [0, 0.1) is 5.92 Å². The Morgan fingerprint density at radius 3 is 2.89 bits per heavy atom. The van der Waals surface area contributed by atoms with E-state index in [4.69, 9.17) is 5.11 Å². The van der Waals surface area contributed by atoms with Gasteiger partial charge < -0.3 is 15.3 Å². The fourth-order valence-corrected chi connectivity index (χ4v) is 3.74. The van der Waals surface area contributed by atoms with Crippen LogP contribution in [0.15, 0.2) is 0 Å². The largest absolute Gasteiger partial charge is 0.481 e. The second kappa shape index (κ2) is 7.14. The molecule has 0 saturated carbocycles. The summed E-state index contributed by atoms with van der Waals surface area (Å²) in [6.07, 6.45) is 2.58. The number of amides is 1. The lowest BCUT2D eigenvalue weighted by atomic mass is 9.94. The third-order valence-corrected chi connectivity index (χ3v) is 4.89. The van der Waals surface area contributed by atoms with Crippen molar-refractivity contribution in [2.75, 3.05) is 31.1 Å². The highest BCUT2D eigenvalue weighted by Gasteiger charge is 2.27. The van der Waals surface area contributed by atoms with Crippen molar-refractivity contribution in [3.8, 4) is 0 Å². The summed E-state index contributed by atoms with van der Waals surface area (Å²) in [6, 6.07) is 0.283. The van der Waals surface area contributed by atoms with E-state index in [2.05, 4.69) is 5.32 Å². The molecule has 0 aromatic rings. The van der Waals surface area contributed by atoms with Gasteiger partial charge in [-0.3, -0.25) is 9.59 Å². The average molecular weight is 286 g/mol. The maximum atomic E-state index is 12.2. The van der Waals surface area contributed by atoms with Crippen molar-refractivity contribution in [2.24, 2.45) is 5.92 Å². The van der Waals surface area contributed by atoms with Crippen molar-refractivity contribution in [2.45, 2.75) is 31.7 Å². The second-order valence-corrected chi connectivity index (χ2v) is 6.53. The summed E-state index contributed by atoms with van der Waals surface area (Å²) in [5, 5.41) is 12.2. The van der Waals surface area contributed by atoms with Gasteiger partial charge in [-0.15, -0.1) is 0 Å². The second-order valence-electron chi connectivity index (χ2n) is 5.38. The first kappa shape index (κ1) is 14.7. The van der Waals surface area contributed by atoms with Gasteiger partial charge in [-0.25, -0.2) is 0 Å². The van der Waals surface area contributed by atoms with E-state index in [9.17, 15) is 9.59 Å². The average Bonchev–Trinajstić information content (AvgIpc) is 2.39. The molecule has 19 heavy (non-hydrogen) atoms. The van der Waals surface area contributed by atoms with Crippen molar-refractivity contribution >= 4 is 23.6 Å². The monoisotopic (exact) mass is 286 g/mol. The third-order valence-electron chi connectivity index (χ3n) is 3.75. The Morgan fingerprint density at radius 1 is 1.37 bits per heavy atom. The first-order valence-corrected chi connectivity index (χ1v) is 8.11. The number of nitrogens with one attached hydrogen (secondary N) is 1. The number of carbonyl (C=O) groups excluding carboxylic acids is 1. The predicted molar refractivity (Wildman–Crippen MR) is 75.3 cm³/mol. The number of aliphatic carboxylic acids is 1. The minimum Gasteiger partial charge on any atom is -0.481 e. The molecule has 2 saturated heterocycles. The molecule has 2 aliphatic rings. The molecule has 108 valence electrons. The van der Waals surface area contributed by atoms with Gasteiger partial charge in [-0.05, 0) is 18.8 Å². The topological polar surface area (TPSA) is 69.6 Å². The van der Waals surface area contributed by atoms with E-state index < -0.39 is 5.97 Å². The van der Waals surface area contributed by atoms with Gasteiger partial charge in [-0.1, -0.05) is 0 Å². The summed E-state index contributed by atoms with van der Waals surface area (Å²) in [7, 11) is 0. The number of piperidine rings is 1. The van der Waals surface area contributed by atoms with Crippen molar-refractivity contribution in [3.63, 3.8) is 0 Å². The minimum atomic E-state index is -0.760. The van der Waals surface area contributed by atoms with Crippen LogP contribution in [0.25, 0.3) is 0 Å². The molecule has 2 unspecified atom stereocenters. The van der Waals surface area contributed by atoms with Crippen LogP contribution >= 0.6 is 11.8 Å². The number of carboxylic acid groups (broad SMARTS) is 1. The maximum Gasteiger partial charge on any atom is 0.303 e. The molecular formula is C13H22N2O3S. The number of carboxylic acids is 1. The van der Waals surface area contributed by atoms with Crippen LogP contribution in [-0.4, -0.2) is 59.1 Å². The van der Waals surface area contributed by atoms with Crippen molar-refractivity contribution in [1.82, 2.24) is 10.2 Å². The molecular weight excluding hydrogens is 264 g/mol. The molecule has 2 heterocycles. The molecule has 0 aliphatic carbocycles. The molecule has 2 aliphatic heterocycles. The number of likely N-dealkylation sites (tertiary alicyclic amines) is 1. The Labute approximate surface area is 118 Å². The van der Waals surface area contributed by atoms with Crippen LogP contribution in [0.4, 0.5) is 0 Å². The van der Waals surface area contributed by atoms with Crippen LogP contribution in [-0.2, 0) is 9.59 Å². The lowest BCUT2D eigenvalue weighted by Gasteiger charge is -2.33. The standard InChI is InChI=1S/C13H22N2O3S/c16-12(7-11-9-19-5-3-14-11)15-4-1-2-10(8-15)6-13(17)18/h10-11,14H,1-9H2,(H,17,18). The van der Waals surface area contributed by atoms with Crippen LogP contribution < -0.4 is 5.32 Å². The van der Waals surface area contributed by atoms with Crippen LogP contribution in [0.1, 0.15) is 25.7 Å². The van der Waals surface area contributed by atoms with Gasteiger partial charge in [0.15, 0.2) is 0 Å². The van der Waals surface area contributed by atoms with E-state index >= 15 is 0 Å². The zero-order valence-corrected chi connectivity index (χ0v) is 12.0. The number of rotatable bonds is 4. The maximum absolute atomic E-state index is 12.2. The molecule has 0 bridgehead atoms.